The number of fused-ring (bicyclic) bond motifs is 1. The molecule has 6 heteroatoms. The van der Waals surface area contributed by atoms with Gasteiger partial charge in [0.2, 0.25) is 6.79 Å². The Balaban J connectivity index is 1.60. The maximum Gasteiger partial charge on any atom is 0.251 e. The normalized spacial score (nSPS) is 23.4. The standard InChI is InChI=1S/C16H21ClN2O3/c1-2-5-19-6-3-12(4-7-19)18-16(20)11-8-13(17)15-14(9-11)21-10-22-15/h8-9,12H,2-7,10H2,1H3,(H,18,20)/p+1. The highest BCUT2D eigenvalue weighted by atomic mass is 35.5. The van der Waals surface area contributed by atoms with Gasteiger partial charge in [0.05, 0.1) is 24.7 Å². The van der Waals surface area contributed by atoms with E-state index in [1.54, 1.807) is 17.0 Å². The van der Waals surface area contributed by atoms with E-state index < -0.39 is 0 Å². The van der Waals surface area contributed by atoms with Crippen molar-refractivity contribution in [1.82, 2.24) is 5.32 Å². The zero-order chi connectivity index (χ0) is 15.5. The van der Waals surface area contributed by atoms with Gasteiger partial charge in [-0.05, 0) is 18.6 Å². The third-order valence-corrected chi connectivity index (χ3v) is 4.60. The van der Waals surface area contributed by atoms with Gasteiger partial charge in [-0.2, -0.15) is 0 Å². The van der Waals surface area contributed by atoms with Gasteiger partial charge in [0.15, 0.2) is 11.5 Å². The van der Waals surface area contributed by atoms with Crippen molar-refractivity contribution in [3.8, 4) is 11.5 Å². The Bertz CT molecular complexity index is 557. The molecule has 0 aromatic heterocycles. The highest BCUT2D eigenvalue weighted by Crippen LogP contribution is 2.39. The van der Waals surface area contributed by atoms with Crippen molar-refractivity contribution in [2.24, 2.45) is 0 Å². The van der Waals surface area contributed by atoms with Gasteiger partial charge in [0.25, 0.3) is 5.91 Å². The second-order valence-corrected chi connectivity index (χ2v) is 6.35. The van der Waals surface area contributed by atoms with Gasteiger partial charge in [-0.15, -0.1) is 0 Å². The van der Waals surface area contributed by atoms with Crippen LogP contribution >= 0.6 is 11.6 Å². The second-order valence-electron chi connectivity index (χ2n) is 5.94. The number of carbonyl (C=O) groups is 1. The van der Waals surface area contributed by atoms with Crippen LogP contribution in [0.3, 0.4) is 0 Å². The summed E-state index contributed by atoms with van der Waals surface area (Å²) in [7, 11) is 0. The lowest BCUT2D eigenvalue weighted by Gasteiger charge is -2.29. The number of benzene rings is 1. The van der Waals surface area contributed by atoms with Crippen LogP contribution in [-0.2, 0) is 0 Å². The van der Waals surface area contributed by atoms with Crippen LogP contribution < -0.4 is 19.7 Å². The van der Waals surface area contributed by atoms with Gasteiger partial charge >= 0.3 is 0 Å². The molecule has 2 heterocycles. The summed E-state index contributed by atoms with van der Waals surface area (Å²) in [4.78, 5) is 14.0. The molecule has 2 aliphatic rings. The van der Waals surface area contributed by atoms with E-state index in [2.05, 4.69) is 12.2 Å². The molecule has 1 aromatic carbocycles. The van der Waals surface area contributed by atoms with E-state index in [1.807, 2.05) is 0 Å². The molecule has 0 saturated carbocycles. The smallest absolute Gasteiger partial charge is 0.251 e. The Labute approximate surface area is 135 Å². The summed E-state index contributed by atoms with van der Waals surface area (Å²) >= 11 is 6.13. The number of nitrogens with one attached hydrogen (secondary N) is 2. The molecule has 1 saturated heterocycles. The van der Waals surface area contributed by atoms with Crippen molar-refractivity contribution in [2.45, 2.75) is 32.2 Å². The van der Waals surface area contributed by atoms with Crippen molar-refractivity contribution < 1.29 is 19.2 Å². The van der Waals surface area contributed by atoms with Gasteiger partial charge < -0.3 is 19.7 Å². The average molecular weight is 326 g/mol. The first kappa shape index (κ1) is 15.4. The summed E-state index contributed by atoms with van der Waals surface area (Å²) in [5, 5.41) is 3.53. The summed E-state index contributed by atoms with van der Waals surface area (Å²) in [5.41, 5.74) is 0.526. The van der Waals surface area contributed by atoms with E-state index in [4.69, 9.17) is 21.1 Å². The number of likely N-dealkylation sites (tertiary alicyclic amines) is 1. The minimum Gasteiger partial charge on any atom is -0.454 e. The molecule has 120 valence electrons. The highest BCUT2D eigenvalue weighted by Gasteiger charge is 2.25. The van der Waals surface area contributed by atoms with Crippen molar-refractivity contribution >= 4 is 17.5 Å². The van der Waals surface area contributed by atoms with Crippen molar-refractivity contribution in [2.75, 3.05) is 26.4 Å². The zero-order valence-electron chi connectivity index (χ0n) is 12.8. The lowest BCUT2D eigenvalue weighted by Crippen LogP contribution is -3.13. The van der Waals surface area contributed by atoms with Crippen LogP contribution in [0.25, 0.3) is 0 Å². The maximum atomic E-state index is 12.4. The van der Waals surface area contributed by atoms with Crippen LogP contribution in [0.5, 0.6) is 11.5 Å². The van der Waals surface area contributed by atoms with Crippen LogP contribution in [0.4, 0.5) is 0 Å². The molecular weight excluding hydrogens is 304 g/mol. The lowest BCUT2D eigenvalue weighted by molar-refractivity contribution is -0.905. The minimum absolute atomic E-state index is 0.0934. The maximum absolute atomic E-state index is 12.4. The van der Waals surface area contributed by atoms with Gasteiger partial charge in [-0.1, -0.05) is 18.5 Å². The van der Waals surface area contributed by atoms with Gasteiger partial charge in [0, 0.05) is 24.4 Å². The number of hydrogen-bond donors (Lipinski definition) is 2. The summed E-state index contributed by atoms with van der Waals surface area (Å²) in [6, 6.07) is 3.58. The molecule has 1 amide bonds. The summed E-state index contributed by atoms with van der Waals surface area (Å²) in [6.45, 7) is 5.84. The number of halogens is 1. The number of carbonyl (C=O) groups excluding carboxylic acids is 1. The molecule has 0 bridgehead atoms. The predicted molar refractivity (Wildman–Crippen MR) is 83.9 cm³/mol. The molecule has 22 heavy (non-hydrogen) atoms. The molecule has 1 fully saturated rings. The van der Waals surface area contributed by atoms with E-state index in [0.717, 1.165) is 25.9 Å². The average Bonchev–Trinajstić information content (AvgIpc) is 2.98. The molecule has 0 atom stereocenters. The number of ether oxygens (including phenoxy) is 2. The van der Waals surface area contributed by atoms with Gasteiger partial charge in [0.1, 0.15) is 0 Å². The largest absolute Gasteiger partial charge is 0.454 e. The number of quaternary nitrogens is 1. The Morgan fingerprint density at radius 1 is 1.36 bits per heavy atom. The number of piperidine rings is 1. The van der Waals surface area contributed by atoms with E-state index in [1.165, 1.54) is 13.0 Å². The Morgan fingerprint density at radius 2 is 2.14 bits per heavy atom. The molecule has 0 radical (unpaired) electrons. The zero-order valence-corrected chi connectivity index (χ0v) is 13.5. The number of amides is 1. The van der Waals surface area contributed by atoms with E-state index in [0.29, 0.717) is 22.1 Å². The fourth-order valence-corrected chi connectivity index (χ4v) is 3.41. The third-order valence-electron chi connectivity index (χ3n) is 4.32. The molecular formula is C16H22ClN2O3+. The molecule has 1 aromatic rings. The van der Waals surface area contributed by atoms with E-state index in [-0.39, 0.29) is 18.7 Å². The summed E-state index contributed by atoms with van der Waals surface area (Å²) in [6.07, 6.45) is 3.26. The quantitative estimate of drug-likeness (QED) is 0.876. The molecule has 0 aliphatic carbocycles. The van der Waals surface area contributed by atoms with Gasteiger partial charge in [-0.25, -0.2) is 0 Å². The van der Waals surface area contributed by atoms with Crippen molar-refractivity contribution in [3.05, 3.63) is 22.7 Å². The molecule has 5 nitrogen and oxygen atoms in total. The fourth-order valence-electron chi connectivity index (χ4n) is 3.14. The van der Waals surface area contributed by atoms with Crippen LogP contribution in [0.2, 0.25) is 5.02 Å². The molecule has 2 N–H and O–H groups in total. The van der Waals surface area contributed by atoms with Crippen LogP contribution in [-0.4, -0.2) is 38.4 Å². The summed E-state index contributed by atoms with van der Waals surface area (Å²) in [5.74, 6) is 0.971. The SMILES string of the molecule is CCC[NH+]1CCC(NC(=O)c2cc(Cl)c3c(c2)OCO3)CC1. The third kappa shape index (κ3) is 3.31. The molecule has 0 spiro atoms. The Hall–Kier alpha value is -1.46. The first-order chi connectivity index (χ1) is 10.7. The first-order valence-corrected chi connectivity index (χ1v) is 8.28. The first-order valence-electron chi connectivity index (χ1n) is 7.91. The van der Waals surface area contributed by atoms with E-state index >= 15 is 0 Å². The monoisotopic (exact) mass is 325 g/mol. The topological polar surface area (TPSA) is 52.0 Å². The number of hydrogen-bond acceptors (Lipinski definition) is 3. The minimum atomic E-state index is -0.0934. The molecule has 0 unspecified atom stereocenters. The second kappa shape index (κ2) is 6.75. The molecule has 3 rings (SSSR count). The van der Waals surface area contributed by atoms with Crippen LogP contribution in [0, 0.1) is 0 Å². The van der Waals surface area contributed by atoms with E-state index in [9.17, 15) is 4.79 Å². The predicted octanol–water partition coefficient (Wildman–Crippen LogP) is 1.26. The molecule has 2 aliphatic heterocycles. The van der Waals surface area contributed by atoms with Crippen LogP contribution in [0.1, 0.15) is 36.5 Å². The van der Waals surface area contributed by atoms with Crippen molar-refractivity contribution in [1.29, 1.82) is 0 Å². The Kier molecular flexibility index (Phi) is 4.74. The Morgan fingerprint density at radius 3 is 2.86 bits per heavy atom. The number of rotatable bonds is 4. The van der Waals surface area contributed by atoms with Gasteiger partial charge in [-0.3, -0.25) is 4.79 Å². The van der Waals surface area contributed by atoms with Crippen LogP contribution in [0.15, 0.2) is 12.1 Å². The van der Waals surface area contributed by atoms with Crippen molar-refractivity contribution in [3.63, 3.8) is 0 Å². The highest BCUT2D eigenvalue weighted by molar-refractivity contribution is 6.32. The summed E-state index contributed by atoms with van der Waals surface area (Å²) < 4.78 is 10.6. The lowest BCUT2D eigenvalue weighted by atomic mass is 10.0. The fraction of sp³-hybridized carbons (Fsp3) is 0.562.